The van der Waals surface area contributed by atoms with Crippen LogP contribution in [0.5, 0.6) is 0 Å². The minimum atomic E-state index is -0.110. The maximum atomic E-state index is 12.3. The molecule has 25 heavy (non-hydrogen) atoms. The molecule has 2 aromatic rings. The molecule has 0 aliphatic carbocycles. The number of carbonyl (C=O) groups excluding carboxylic acids is 1. The average molecular weight is 362 g/mol. The van der Waals surface area contributed by atoms with Crippen molar-refractivity contribution in [3.63, 3.8) is 0 Å². The minimum Gasteiger partial charge on any atom is -0.381 e. The lowest BCUT2D eigenvalue weighted by atomic mass is 9.74. The van der Waals surface area contributed by atoms with E-state index >= 15 is 0 Å². The smallest absolute Gasteiger partial charge is 0.221 e. The van der Waals surface area contributed by atoms with Crippen LogP contribution in [-0.2, 0) is 21.5 Å². The van der Waals surface area contributed by atoms with Gasteiger partial charge < -0.3 is 10.1 Å². The molecule has 1 N–H and O–H groups in total. The van der Waals surface area contributed by atoms with Gasteiger partial charge in [-0.05, 0) is 43.0 Å². The van der Waals surface area contributed by atoms with E-state index in [9.17, 15) is 4.79 Å². The highest BCUT2D eigenvalue weighted by Crippen LogP contribution is 2.35. The highest BCUT2D eigenvalue weighted by Gasteiger charge is 2.34. The number of halogens is 1. The quantitative estimate of drug-likeness (QED) is 0.860. The molecule has 1 aromatic heterocycles. The highest BCUT2D eigenvalue weighted by molar-refractivity contribution is 6.30. The Balaban J connectivity index is 1.61. The molecule has 2 heterocycles. The zero-order valence-corrected chi connectivity index (χ0v) is 15.3. The second-order valence-electron chi connectivity index (χ2n) is 6.71. The van der Waals surface area contributed by atoms with Crippen LogP contribution in [0, 0.1) is 6.92 Å². The number of ether oxygens (including phenoxy) is 1. The van der Waals surface area contributed by atoms with Gasteiger partial charge in [0.2, 0.25) is 5.91 Å². The Hall–Kier alpha value is -1.85. The molecule has 0 spiro atoms. The van der Waals surface area contributed by atoms with E-state index in [1.807, 2.05) is 31.3 Å². The normalized spacial score (nSPS) is 16.6. The van der Waals surface area contributed by atoms with Crippen molar-refractivity contribution < 1.29 is 9.53 Å². The van der Waals surface area contributed by atoms with E-state index in [0.29, 0.717) is 32.7 Å². The lowest BCUT2D eigenvalue weighted by Crippen LogP contribution is -2.44. The molecule has 0 radical (unpaired) electrons. The highest BCUT2D eigenvalue weighted by atomic mass is 35.5. The zero-order valence-electron chi connectivity index (χ0n) is 14.5. The van der Waals surface area contributed by atoms with E-state index in [-0.39, 0.29) is 11.3 Å². The van der Waals surface area contributed by atoms with Crippen molar-refractivity contribution in [3.8, 4) is 0 Å². The number of amides is 1. The van der Waals surface area contributed by atoms with Crippen LogP contribution in [0.25, 0.3) is 0 Å². The van der Waals surface area contributed by atoms with Crippen LogP contribution < -0.4 is 5.32 Å². The van der Waals surface area contributed by atoms with Crippen LogP contribution >= 0.6 is 11.6 Å². The van der Waals surface area contributed by atoms with E-state index in [1.54, 1.807) is 10.9 Å². The second kappa shape index (κ2) is 8.02. The van der Waals surface area contributed by atoms with Crippen molar-refractivity contribution in [3.05, 3.63) is 52.8 Å². The van der Waals surface area contributed by atoms with E-state index in [2.05, 4.69) is 16.5 Å². The van der Waals surface area contributed by atoms with Crippen molar-refractivity contribution in [2.24, 2.45) is 0 Å². The molecular formula is C19H24ClN3O2. The summed E-state index contributed by atoms with van der Waals surface area (Å²) in [6, 6.07) is 7.95. The Morgan fingerprint density at radius 2 is 2.20 bits per heavy atom. The monoisotopic (exact) mass is 361 g/mol. The Morgan fingerprint density at radius 3 is 2.88 bits per heavy atom. The van der Waals surface area contributed by atoms with Crippen molar-refractivity contribution in [2.45, 2.75) is 38.1 Å². The Kier molecular flexibility index (Phi) is 5.76. The van der Waals surface area contributed by atoms with Crippen molar-refractivity contribution in [2.75, 3.05) is 19.8 Å². The number of aryl methyl sites for hydroxylation is 2. The molecule has 3 rings (SSSR count). The molecule has 5 nitrogen and oxygen atoms in total. The summed E-state index contributed by atoms with van der Waals surface area (Å²) >= 11 is 6.18. The van der Waals surface area contributed by atoms with Gasteiger partial charge in [-0.1, -0.05) is 23.7 Å². The van der Waals surface area contributed by atoms with Gasteiger partial charge in [0, 0.05) is 49.4 Å². The van der Waals surface area contributed by atoms with Crippen LogP contribution in [0.15, 0.2) is 36.7 Å². The summed E-state index contributed by atoms with van der Waals surface area (Å²) in [5.74, 6) is 0.0426. The molecule has 0 unspecified atom stereocenters. The standard InChI is InChI=1S/C19H24ClN3O2/c1-15-12-22-23(13-15)8-5-18(24)21-14-19(6-9-25-10-7-19)16-3-2-4-17(20)11-16/h2-4,11-13H,5-10,14H2,1H3,(H,21,24). The SMILES string of the molecule is Cc1cnn(CCC(=O)NCC2(c3cccc(Cl)c3)CCOCC2)c1. The first-order valence-electron chi connectivity index (χ1n) is 8.67. The van der Waals surface area contributed by atoms with Gasteiger partial charge in [0.1, 0.15) is 0 Å². The number of carbonyl (C=O) groups is 1. The third-order valence-corrected chi connectivity index (χ3v) is 5.08. The molecule has 1 fully saturated rings. The molecule has 1 amide bonds. The molecule has 0 atom stereocenters. The fraction of sp³-hybridized carbons (Fsp3) is 0.474. The van der Waals surface area contributed by atoms with Crippen molar-refractivity contribution in [1.29, 1.82) is 0 Å². The van der Waals surface area contributed by atoms with Crippen LogP contribution in [-0.4, -0.2) is 35.4 Å². The van der Waals surface area contributed by atoms with Gasteiger partial charge in [-0.15, -0.1) is 0 Å². The lowest BCUT2D eigenvalue weighted by molar-refractivity contribution is -0.121. The Bertz CT molecular complexity index is 723. The predicted octanol–water partition coefficient (Wildman–Crippen LogP) is 3.10. The first-order chi connectivity index (χ1) is 12.1. The van der Waals surface area contributed by atoms with E-state index in [0.717, 1.165) is 23.4 Å². The summed E-state index contributed by atoms with van der Waals surface area (Å²) in [6.45, 7) is 4.59. The molecule has 1 saturated heterocycles. The minimum absolute atomic E-state index is 0.0426. The largest absolute Gasteiger partial charge is 0.381 e. The molecule has 0 saturated carbocycles. The fourth-order valence-corrected chi connectivity index (χ4v) is 3.50. The van der Waals surface area contributed by atoms with Crippen LogP contribution in [0.1, 0.15) is 30.4 Å². The number of benzene rings is 1. The van der Waals surface area contributed by atoms with Crippen LogP contribution in [0.4, 0.5) is 0 Å². The number of aromatic nitrogens is 2. The van der Waals surface area contributed by atoms with E-state index < -0.39 is 0 Å². The van der Waals surface area contributed by atoms with Gasteiger partial charge in [0.05, 0.1) is 6.20 Å². The third kappa shape index (κ3) is 4.61. The topological polar surface area (TPSA) is 56.2 Å². The van der Waals surface area contributed by atoms with E-state index in [1.165, 1.54) is 5.56 Å². The van der Waals surface area contributed by atoms with Gasteiger partial charge in [0.25, 0.3) is 0 Å². The maximum absolute atomic E-state index is 12.3. The number of hydrogen-bond acceptors (Lipinski definition) is 3. The van der Waals surface area contributed by atoms with Crippen LogP contribution in [0.2, 0.25) is 5.02 Å². The number of nitrogens with zero attached hydrogens (tertiary/aromatic N) is 2. The number of nitrogens with one attached hydrogen (secondary N) is 1. The van der Waals surface area contributed by atoms with Crippen LogP contribution in [0.3, 0.4) is 0 Å². The van der Waals surface area contributed by atoms with Crippen molar-refractivity contribution in [1.82, 2.24) is 15.1 Å². The Morgan fingerprint density at radius 1 is 1.40 bits per heavy atom. The summed E-state index contributed by atoms with van der Waals surface area (Å²) in [6.07, 6.45) is 5.93. The summed E-state index contributed by atoms with van der Waals surface area (Å²) in [7, 11) is 0. The van der Waals surface area contributed by atoms with Crippen molar-refractivity contribution >= 4 is 17.5 Å². The number of rotatable bonds is 6. The zero-order chi connectivity index (χ0) is 17.7. The fourth-order valence-electron chi connectivity index (χ4n) is 3.31. The summed E-state index contributed by atoms with van der Waals surface area (Å²) in [4.78, 5) is 12.3. The molecule has 1 aliphatic heterocycles. The van der Waals surface area contributed by atoms with Gasteiger partial charge >= 0.3 is 0 Å². The number of hydrogen-bond donors (Lipinski definition) is 1. The maximum Gasteiger partial charge on any atom is 0.221 e. The third-order valence-electron chi connectivity index (χ3n) is 4.84. The molecule has 0 bridgehead atoms. The first kappa shape index (κ1) is 18.0. The Labute approximate surface area is 153 Å². The van der Waals surface area contributed by atoms with Gasteiger partial charge in [-0.3, -0.25) is 9.48 Å². The predicted molar refractivity (Wildman–Crippen MR) is 97.8 cm³/mol. The molecule has 1 aliphatic rings. The molecular weight excluding hydrogens is 338 g/mol. The first-order valence-corrected chi connectivity index (χ1v) is 9.05. The summed E-state index contributed by atoms with van der Waals surface area (Å²) in [5, 5.41) is 8.05. The van der Waals surface area contributed by atoms with Gasteiger partial charge in [-0.25, -0.2) is 0 Å². The molecule has 1 aromatic carbocycles. The summed E-state index contributed by atoms with van der Waals surface area (Å²) in [5.41, 5.74) is 2.16. The lowest BCUT2D eigenvalue weighted by Gasteiger charge is -2.38. The molecule has 6 heteroatoms. The average Bonchev–Trinajstić information content (AvgIpc) is 3.04. The van der Waals surface area contributed by atoms with Gasteiger partial charge in [0.15, 0.2) is 0 Å². The summed E-state index contributed by atoms with van der Waals surface area (Å²) < 4.78 is 7.34. The molecule has 134 valence electrons. The van der Waals surface area contributed by atoms with Gasteiger partial charge in [-0.2, -0.15) is 5.10 Å². The van der Waals surface area contributed by atoms with E-state index in [4.69, 9.17) is 16.3 Å². The second-order valence-corrected chi connectivity index (χ2v) is 7.15.